The normalized spacial score (nSPS) is 10.4. The Kier molecular flexibility index (Phi) is 3.34. The van der Waals surface area contributed by atoms with Crippen molar-refractivity contribution in [1.29, 1.82) is 0 Å². The largest absolute Gasteiger partial charge is 0.497 e. The fraction of sp³-hybridized carbons (Fsp3) is 0.100. The highest BCUT2D eigenvalue weighted by Gasteiger charge is 1.96. The lowest BCUT2D eigenvalue weighted by Gasteiger charge is -2.02. The van der Waals surface area contributed by atoms with E-state index in [0.717, 1.165) is 22.9 Å². The Morgan fingerprint density at radius 2 is 2.21 bits per heavy atom. The lowest BCUT2D eigenvalue weighted by molar-refractivity contribution is -0.131. The first-order chi connectivity index (χ1) is 6.61. The molecule has 1 N–H and O–H groups in total. The molecule has 0 heterocycles. The molecule has 1 rings (SSSR count). The summed E-state index contributed by atoms with van der Waals surface area (Å²) >= 11 is 0. The van der Waals surface area contributed by atoms with Gasteiger partial charge in [-0.25, -0.2) is 4.79 Å². The van der Waals surface area contributed by atoms with Crippen molar-refractivity contribution in [2.75, 3.05) is 7.11 Å². The third-order valence-electron chi connectivity index (χ3n) is 1.73. The lowest BCUT2D eigenvalue weighted by Crippen LogP contribution is -2.03. The SMILES string of the molecule is Bc1cc(/C=C/C(=O)O)cc(OC)c1. The molecule has 0 aromatic heterocycles. The van der Waals surface area contributed by atoms with Crippen molar-refractivity contribution in [3.8, 4) is 5.75 Å². The Bertz CT molecular complexity index is 372. The predicted octanol–water partition coefficient (Wildman–Crippen LogP) is 0.0514. The van der Waals surface area contributed by atoms with E-state index in [9.17, 15) is 4.79 Å². The highest BCUT2D eigenvalue weighted by molar-refractivity contribution is 6.32. The highest BCUT2D eigenvalue weighted by atomic mass is 16.5. The number of methoxy groups -OCH3 is 1. The number of carboxylic acid groups (broad SMARTS) is 1. The molecule has 0 bridgehead atoms. The summed E-state index contributed by atoms with van der Waals surface area (Å²) in [5, 5.41) is 8.45. The fourth-order valence-electron chi connectivity index (χ4n) is 1.16. The van der Waals surface area contributed by atoms with Gasteiger partial charge in [-0.05, 0) is 23.8 Å². The first kappa shape index (κ1) is 10.4. The van der Waals surface area contributed by atoms with Crippen molar-refractivity contribution in [3.05, 3.63) is 29.8 Å². The zero-order valence-corrected chi connectivity index (χ0v) is 8.15. The number of hydrogen-bond acceptors (Lipinski definition) is 2. The average molecular weight is 190 g/mol. The standard InChI is InChI=1S/C10H11BO3/c1-14-9-5-7(2-3-10(12)13)4-8(11)6-9/h2-6H,11H2,1H3,(H,12,13)/b3-2+. The van der Waals surface area contributed by atoms with E-state index >= 15 is 0 Å². The van der Waals surface area contributed by atoms with Crippen LogP contribution in [-0.4, -0.2) is 26.0 Å². The van der Waals surface area contributed by atoms with Gasteiger partial charge < -0.3 is 9.84 Å². The van der Waals surface area contributed by atoms with Crippen molar-refractivity contribution in [1.82, 2.24) is 0 Å². The number of hydrogen-bond donors (Lipinski definition) is 1. The molecule has 0 amide bonds. The average Bonchev–Trinajstić information content (AvgIpc) is 2.14. The van der Waals surface area contributed by atoms with Crippen LogP contribution in [0.4, 0.5) is 0 Å². The van der Waals surface area contributed by atoms with Gasteiger partial charge in [-0.1, -0.05) is 11.5 Å². The van der Waals surface area contributed by atoms with Crippen LogP contribution < -0.4 is 10.2 Å². The summed E-state index contributed by atoms with van der Waals surface area (Å²) in [4.78, 5) is 10.3. The number of benzene rings is 1. The maximum Gasteiger partial charge on any atom is 0.328 e. The first-order valence-corrected chi connectivity index (χ1v) is 4.18. The van der Waals surface area contributed by atoms with Gasteiger partial charge >= 0.3 is 5.97 Å². The number of carbonyl (C=O) groups is 1. The van der Waals surface area contributed by atoms with Crippen molar-refractivity contribution in [3.63, 3.8) is 0 Å². The molecule has 72 valence electrons. The van der Waals surface area contributed by atoms with Crippen LogP contribution in [0.5, 0.6) is 5.75 Å². The zero-order chi connectivity index (χ0) is 10.6. The number of rotatable bonds is 3. The molecule has 1 aromatic carbocycles. The van der Waals surface area contributed by atoms with Crippen molar-refractivity contribution in [2.45, 2.75) is 0 Å². The van der Waals surface area contributed by atoms with Crippen LogP contribution in [0.3, 0.4) is 0 Å². The molecule has 0 saturated carbocycles. The Labute approximate surface area is 83.4 Å². The minimum atomic E-state index is -0.953. The molecule has 0 saturated heterocycles. The summed E-state index contributed by atoms with van der Waals surface area (Å²) < 4.78 is 5.06. The van der Waals surface area contributed by atoms with Crippen LogP contribution >= 0.6 is 0 Å². The van der Waals surface area contributed by atoms with Gasteiger partial charge in [0.2, 0.25) is 0 Å². The molecule has 0 unspecified atom stereocenters. The van der Waals surface area contributed by atoms with Gasteiger partial charge in [0.05, 0.1) is 7.11 Å². The number of aliphatic carboxylic acids is 1. The molecule has 3 nitrogen and oxygen atoms in total. The summed E-state index contributed by atoms with van der Waals surface area (Å²) in [5.74, 6) is -0.222. The predicted molar refractivity (Wildman–Crippen MR) is 57.8 cm³/mol. The maximum absolute atomic E-state index is 10.3. The highest BCUT2D eigenvalue weighted by Crippen LogP contribution is 2.11. The van der Waals surface area contributed by atoms with Crippen molar-refractivity contribution < 1.29 is 14.6 Å². The molecule has 14 heavy (non-hydrogen) atoms. The number of carboxylic acids is 1. The third kappa shape index (κ3) is 2.97. The van der Waals surface area contributed by atoms with E-state index < -0.39 is 5.97 Å². The summed E-state index contributed by atoms with van der Waals surface area (Å²) in [6.45, 7) is 0. The monoisotopic (exact) mass is 190 g/mol. The molecule has 0 radical (unpaired) electrons. The Morgan fingerprint density at radius 1 is 1.50 bits per heavy atom. The Hall–Kier alpha value is -1.71. The molecule has 1 aromatic rings. The molecule has 0 spiro atoms. The van der Waals surface area contributed by atoms with Crippen LogP contribution in [0.2, 0.25) is 0 Å². The van der Waals surface area contributed by atoms with Gasteiger partial charge in [0.25, 0.3) is 0 Å². The summed E-state index contributed by atoms with van der Waals surface area (Å²) in [5.41, 5.74) is 1.86. The first-order valence-electron chi connectivity index (χ1n) is 4.18. The van der Waals surface area contributed by atoms with E-state index in [2.05, 4.69) is 0 Å². The Morgan fingerprint density at radius 3 is 2.79 bits per heavy atom. The third-order valence-corrected chi connectivity index (χ3v) is 1.73. The van der Waals surface area contributed by atoms with Crippen LogP contribution in [0.25, 0.3) is 6.08 Å². The minimum absolute atomic E-state index is 0.732. The molecular weight excluding hydrogens is 179 g/mol. The van der Waals surface area contributed by atoms with E-state index in [-0.39, 0.29) is 0 Å². The van der Waals surface area contributed by atoms with Crippen molar-refractivity contribution >= 4 is 25.4 Å². The molecule has 4 heteroatoms. The summed E-state index contributed by atoms with van der Waals surface area (Å²) in [7, 11) is 3.51. The minimum Gasteiger partial charge on any atom is -0.497 e. The molecular formula is C10H11BO3. The molecule has 0 aliphatic heterocycles. The van der Waals surface area contributed by atoms with Crippen LogP contribution in [0.15, 0.2) is 24.3 Å². The molecule has 0 atom stereocenters. The molecule has 0 aliphatic carbocycles. The van der Waals surface area contributed by atoms with Gasteiger partial charge in [-0.15, -0.1) is 0 Å². The molecule has 0 fully saturated rings. The van der Waals surface area contributed by atoms with E-state index in [0.29, 0.717) is 0 Å². The van der Waals surface area contributed by atoms with Crippen LogP contribution in [0.1, 0.15) is 5.56 Å². The topological polar surface area (TPSA) is 46.5 Å². The Balaban J connectivity index is 2.97. The van der Waals surface area contributed by atoms with E-state index in [1.807, 2.05) is 20.0 Å². The second kappa shape index (κ2) is 4.51. The van der Waals surface area contributed by atoms with Gasteiger partial charge in [0, 0.05) is 6.08 Å². The van der Waals surface area contributed by atoms with Crippen molar-refractivity contribution in [2.24, 2.45) is 0 Å². The van der Waals surface area contributed by atoms with E-state index in [4.69, 9.17) is 9.84 Å². The lowest BCUT2D eigenvalue weighted by atomic mass is 9.94. The van der Waals surface area contributed by atoms with Gasteiger partial charge in [0.1, 0.15) is 13.6 Å². The second-order valence-corrected chi connectivity index (χ2v) is 2.96. The fourth-order valence-corrected chi connectivity index (χ4v) is 1.16. The van der Waals surface area contributed by atoms with E-state index in [1.165, 1.54) is 6.08 Å². The molecule has 0 aliphatic rings. The van der Waals surface area contributed by atoms with Crippen LogP contribution in [0, 0.1) is 0 Å². The van der Waals surface area contributed by atoms with Gasteiger partial charge in [-0.3, -0.25) is 0 Å². The van der Waals surface area contributed by atoms with Crippen LogP contribution in [-0.2, 0) is 4.79 Å². The second-order valence-electron chi connectivity index (χ2n) is 2.96. The van der Waals surface area contributed by atoms with E-state index in [1.54, 1.807) is 13.2 Å². The quantitative estimate of drug-likeness (QED) is 0.541. The smallest absolute Gasteiger partial charge is 0.328 e. The van der Waals surface area contributed by atoms with Gasteiger partial charge in [0.15, 0.2) is 0 Å². The maximum atomic E-state index is 10.3. The number of ether oxygens (including phenoxy) is 1. The summed E-state index contributed by atoms with van der Waals surface area (Å²) in [6, 6.07) is 5.56. The van der Waals surface area contributed by atoms with Gasteiger partial charge in [-0.2, -0.15) is 0 Å². The zero-order valence-electron chi connectivity index (χ0n) is 8.15. The summed E-state index contributed by atoms with van der Waals surface area (Å²) in [6.07, 6.45) is 2.64.